The number of amides is 2. The van der Waals surface area contributed by atoms with E-state index in [9.17, 15) is 9.59 Å². The molecular weight excluding hydrogens is 384 g/mol. The Bertz CT molecular complexity index is 1020. The highest BCUT2D eigenvalue weighted by molar-refractivity contribution is 6.34. The van der Waals surface area contributed by atoms with Gasteiger partial charge >= 0.3 is 0 Å². The third kappa shape index (κ3) is 5.24. The smallest absolute Gasteiger partial charge is 0.255 e. The molecule has 0 unspecified atom stereocenters. The molecule has 4 nitrogen and oxygen atoms in total. The molecule has 0 aromatic heterocycles. The molecule has 0 aliphatic heterocycles. The number of hydrogen-bond acceptors (Lipinski definition) is 2. The summed E-state index contributed by atoms with van der Waals surface area (Å²) in [7, 11) is 0. The number of rotatable bonds is 4. The van der Waals surface area contributed by atoms with Crippen molar-refractivity contribution in [1.82, 2.24) is 0 Å². The zero-order chi connectivity index (χ0) is 21.0. The second-order valence-corrected chi connectivity index (χ2v) is 8.20. The van der Waals surface area contributed by atoms with Crippen molar-refractivity contribution in [3.8, 4) is 0 Å². The van der Waals surface area contributed by atoms with Gasteiger partial charge in [0.2, 0.25) is 0 Å². The van der Waals surface area contributed by atoms with Crippen molar-refractivity contribution in [2.75, 3.05) is 10.6 Å². The van der Waals surface area contributed by atoms with Gasteiger partial charge in [0, 0.05) is 16.8 Å². The van der Waals surface area contributed by atoms with Gasteiger partial charge in [-0.3, -0.25) is 9.59 Å². The van der Waals surface area contributed by atoms with Gasteiger partial charge in [-0.1, -0.05) is 62.7 Å². The van der Waals surface area contributed by atoms with Crippen molar-refractivity contribution in [2.24, 2.45) is 0 Å². The first-order valence-corrected chi connectivity index (χ1v) is 9.70. The number of halogens is 1. The summed E-state index contributed by atoms with van der Waals surface area (Å²) >= 11 is 6.23. The van der Waals surface area contributed by atoms with Crippen LogP contribution >= 0.6 is 11.6 Å². The molecule has 3 aromatic rings. The number of hydrogen-bond donors (Lipinski definition) is 2. The monoisotopic (exact) mass is 406 g/mol. The second-order valence-electron chi connectivity index (χ2n) is 7.80. The molecule has 3 rings (SSSR count). The zero-order valence-electron chi connectivity index (χ0n) is 16.6. The van der Waals surface area contributed by atoms with Crippen LogP contribution in [0, 0.1) is 0 Å². The normalized spacial score (nSPS) is 11.0. The van der Waals surface area contributed by atoms with Crippen LogP contribution in [0.15, 0.2) is 72.8 Å². The second kappa shape index (κ2) is 8.50. The fourth-order valence-electron chi connectivity index (χ4n) is 2.80. The molecule has 0 aliphatic rings. The molecule has 0 aliphatic carbocycles. The van der Waals surface area contributed by atoms with E-state index in [1.165, 1.54) is 0 Å². The van der Waals surface area contributed by atoms with E-state index in [1.807, 2.05) is 30.3 Å². The van der Waals surface area contributed by atoms with Crippen LogP contribution < -0.4 is 10.6 Å². The number of benzene rings is 3. The Morgan fingerprint density at radius 1 is 0.759 bits per heavy atom. The van der Waals surface area contributed by atoms with Gasteiger partial charge in [0.25, 0.3) is 11.8 Å². The van der Waals surface area contributed by atoms with E-state index in [0.29, 0.717) is 27.5 Å². The lowest BCUT2D eigenvalue weighted by molar-refractivity contribution is 0.101. The fraction of sp³-hybridized carbons (Fsp3) is 0.167. The summed E-state index contributed by atoms with van der Waals surface area (Å²) in [5.41, 5.74) is 3.16. The standard InChI is InChI=1S/C24H23ClN2O2/c1-24(2,3)18-12-9-16(10-13-18)22(28)27-21-15-17(11-14-20(21)25)23(29)26-19-7-5-4-6-8-19/h4-15H,1-3H3,(H,26,29)(H,27,28). The van der Waals surface area contributed by atoms with E-state index in [0.717, 1.165) is 5.56 Å². The molecule has 29 heavy (non-hydrogen) atoms. The molecule has 0 fully saturated rings. The van der Waals surface area contributed by atoms with E-state index in [1.54, 1.807) is 42.5 Å². The van der Waals surface area contributed by atoms with Crippen LogP contribution in [0.3, 0.4) is 0 Å². The van der Waals surface area contributed by atoms with Gasteiger partial charge in [-0.15, -0.1) is 0 Å². The molecule has 0 radical (unpaired) electrons. The highest BCUT2D eigenvalue weighted by atomic mass is 35.5. The minimum atomic E-state index is -0.284. The highest BCUT2D eigenvalue weighted by Crippen LogP contribution is 2.26. The summed E-state index contributed by atoms with van der Waals surface area (Å²) in [4.78, 5) is 25.1. The average Bonchev–Trinajstić information content (AvgIpc) is 2.69. The Labute approximate surface area is 175 Å². The number of nitrogens with one attached hydrogen (secondary N) is 2. The summed E-state index contributed by atoms with van der Waals surface area (Å²) in [6, 6.07) is 21.4. The molecule has 0 atom stereocenters. The highest BCUT2D eigenvalue weighted by Gasteiger charge is 2.16. The molecule has 0 heterocycles. The average molecular weight is 407 g/mol. The van der Waals surface area contributed by atoms with Crippen LogP contribution in [0.1, 0.15) is 47.1 Å². The largest absolute Gasteiger partial charge is 0.322 e. The van der Waals surface area contributed by atoms with Crippen molar-refractivity contribution in [1.29, 1.82) is 0 Å². The third-order valence-electron chi connectivity index (χ3n) is 4.52. The predicted molar refractivity (Wildman–Crippen MR) is 119 cm³/mol. The Hall–Kier alpha value is -3.11. The molecule has 0 saturated carbocycles. The lowest BCUT2D eigenvalue weighted by atomic mass is 9.87. The van der Waals surface area contributed by atoms with Gasteiger partial charge in [0.05, 0.1) is 10.7 Å². The van der Waals surface area contributed by atoms with Gasteiger partial charge in [-0.2, -0.15) is 0 Å². The molecule has 5 heteroatoms. The Kier molecular flexibility index (Phi) is 6.04. The Balaban J connectivity index is 1.76. The number of carbonyl (C=O) groups excluding carboxylic acids is 2. The van der Waals surface area contributed by atoms with E-state index in [2.05, 4.69) is 31.4 Å². The van der Waals surface area contributed by atoms with Crippen LogP contribution in [0.4, 0.5) is 11.4 Å². The van der Waals surface area contributed by atoms with Crippen molar-refractivity contribution in [2.45, 2.75) is 26.2 Å². The summed E-state index contributed by atoms with van der Waals surface area (Å²) in [5, 5.41) is 5.97. The SMILES string of the molecule is CC(C)(C)c1ccc(C(=O)Nc2cc(C(=O)Nc3ccccc3)ccc2Cl)cc1. The van der Waals surface area contributed by atoms with Crippen LogP contribution in [0.2, 0.25) is 5.02 Å². The number of anilines is 2. The first kappa shape index (κ1) is 20.6. The van der Waals surface area contributed by atoms with Gasteiger partial charge < -0.3 is 10.6 Å². The van der Waals surface area contributed by atoms with E-state index < -0.39 is 0 Å². The van der Waals surface area contributed by atoms with Crippen LogP contribution in [0.25, 0.3) is 0 Å². The van der Waals surface area contributed by atoms with Crippen LogP contribution in [-0.4, -0.2) is 11.8 Å². The van der Waals surface area contributed by atoms with Crippen molar-refractivity contribution >= 4 is 34.8 Å². The molecular formula is C24H23ClN2O2. The molecule has 3 aromatic carbocycles. The molecule has 2 N–H and O–H groups in total. The van der Waals surface area contributed by atoms with E-state index in [4.69, 9.17) is 11.6 Å². The van der Waals surface area contributed by atoms with Gasteiger partial charge in [-0.05, 0) is 53.4 Å². The van der Waals surface area contributed by atoms with Gasteiger partial charge in [0.1, 0.15) is 0 Å². The first-order valence-electron chi connectivity index (χ1n) is 9.32. The topological polar surface area (TPSA) is 58.2 Å². The van der Waals surface area contributed by atoms with Crippen molar-refractivity contribution in [3.05, 3.63) is 94.5 Å². The fourth-order valence-corrected chi connectivity index (χ4v) is 2.97. The van der Waals surface area contributed by atoms with Gasteiger partial charge in [-0.25, -0.2) is 0 Å². The lowest BCUT2D eigenvalue weighted by Gasteiger charge is -2.19. The molecule has 0 bridgehead atoms. The summed E-state index contributed by atoms with van der Waals surface area (Å²) in [6.45, 7) is 6.36. The van der Waals surface area contributed by atoms with Crippen LogP contribution in [-0.2, 0) is 5.41 Å². The summed E-state index contributed by atoms with van der Waals surface area (Å²) in [5.74, 6) is -0.564. The molecule has 148 valence electrons. The maximum absolute atomic E-state index is 12.6. The molecule has 2 amide bonds. The predicted octanol–water partition coefficient (Wildman–Crippen LogP) is 6.14. The summed E-state index contributed by atoms with van der Waals surface area (Å²) < 4.78 is 0. The van der Waals surface area contributed by atoms with E-state index >= 15 is 0 Å². The minimum absolute atomic E-state index is 0.0127. The van der Waals surface area contributed by atoms with Crippen LogP contribution in [0.5, 0.6) is 0 Å². The Morgan fingerprint density at radius 3 is 1.97 bits per heavy atom. The summed E-state index contributed by atoms with van der Waals surface area (Å²) in [6.07, 6.45) is 0. The lowest BCUT2D eigenvalue weighted by Crippen LogP contribution is -2.16. The van der Waals surface area contributed by atoms with E-state index in [-0.39, 0.29) is 17.2 Å². The third-order valence-corrected chi connectivity index (χ3v) is 4.85. The first-order chi connectivity index (χ1) is 13.7. The molecule has 0 spiro atoms. The maximum Gasteiger partial charge on any atom is 0.255 e. The van der Waals surface area contributed by atoms with Crippen molar-refractivity contribution < 1.29 is 9.59 Å². The zero-order valence-corrected chi connectivity index (χ0v) is 17.4. The number of carbonyl (C=O) groups is 2. The number of para-hydroxylation sites is 1. The minimum Gasteiger partial charge on any atom is -0.322 e. The quantitative estimate of drug-likeness (QED) is 0.546. The maximum atomic E-state index is 12.6. The molecule has 0 saturated heterocycles. The van der Waals surface area contributed by atoms with Gasteiger partial charge in [0.15, 0.2) is 0 Å². The Morgan fingerprint density at radius 2 is 1.34 bits per heavy atom. The van der Waals surface area contributed by atoms with Crippen molar-refractivity contribution in [3.63, 3.8) is 0 Å².